The Hall–Kier alpha value is -3.81. The second-order valence-electron chi connectivity index (χ2n) is 9.09. The molecule has 2 aromatic rings. The smallest absolute Gasteiger partial charge is 0.357 e. The van der Waals surface area contributed by atoms with Crippen molar-refractivity contribution < 1.29 is 28.6 Å². The Morgan fingerprint density at radius 2 is 1.64 bits per heavy atom. The molecule has 2 aromatic heterocycles. The van der Waals surface area contributed by atoms with Gasteiger partial charge in [0.1, 0.15) is 23.6 Å². The molecule has 1 aliphatic carbocycles. The third-order valence-corrected chi connectivity index (χ3v) is 6.41. The molecule has 0 N–H and O–H groups in total. The van der Waals surface area contributed by atoms with E-state index < -0.39 is 24.0 Å². The van der Waals surface area contributed by atoms with E-state index in [4.69, 9.17) is 14.2 Å². The van der Waals surface area contributed by atoms with Gasteiger partial charge in [-0.2, -0.15) is 0 Å². The van der Waals surface area contributed by atoms with Crippen molar-refractivity contribution in [1.82, 2.24) is 9.97 Å². The lowest BCUT2D eigenvalue weighted by molar-refractivity contribution is -0.142. The maximum Gasteiger partial charge on any atom is 0.357 e. The van der Waals surface area contributed by atoms with Crippen LogP contribution in [0.15, 0.2) is 73.1 Å². The molecule has 8 nitrogen and oxygen atoms in total. The highest BCUT2D eigenvalue weighted by Gasteiger charge is 2.41. The second-order valence-corrected chi connectivity index (χ2v) is 9.09. The number of carbonyl (C=O) groups is 3. The molecular formula is C28H30N2O6. The summed E-state index contributed by atoms with van der Waals surface area (Å²) >= 11 is 0. The molecule has 3 heterocycles. The lowest BCUT2D eigenvalue weighted by atomic mass is 9.89. The molecule has 1 fully saturated rings. The van der Waals surface area contributed by atoms with Crippen LogP contribution in [-0.2, 0) is 19.0 Å². The molecule has 4 rings (SSSR count). The monoisotopic (exact) mass is 490 g/mol. The number of ether oxygens (including phenoxy) is 3. The fourth-order valence-electron chi connectivity index (χ4n) is 4.64. The minimum atomic E-state index is -0.740. The third-order valence-electron chi connectivity index (χ3n) is 6.41. The minimum absolute atomic E-state index is 0.0214. The van der Waals surface area contributed by atoms with Gasteiger partial charge in [-0.25, -0.2) is 24.4 Å². The van der Waals surface area contributed by atoms with Crippen LogP contribution >= 0.6 is 0 Å². The molecular weight excluding hydrogens is 460 g/mol. The highest BCUT2D eigenvalue weighted by Crippen LogP contribution is 2.39. The number of aromatic nitrogens is 2. The third kappa shape index (κ3) is 6.87. The van der Waals surface area contributed by atoms with E-state index in [2.05, 4.69) is 22.1 Å². The summed E-state index contributed by atoms with van der Waals surface area (Å²) in [7, 11) is 0. The van der Waals surface area contributed by atoms with Crippen LogP contribution in [0.3, 0.4) is 0 Å². The zero-order chi connectivity index (χ0) is 25.3. The normalized spacial score (nSPS) is 27.4. The highest BCUT2D eigenvalue weighted by molar-refractivity contribution is 5.88. The number of cyclic esters (lactones) is 1. The molecule has 5 atom stereocenters. The van der Waals surface area contributed by atoms with E-state index in [1.165, 1.54) is 12.3 Å². The van der Waals surface area contributed by atoms with Crippen LogP contribution in [0.4, 0.5) is 0 Å². The van der Waals surface area contributed by atoms with Gasteiger partial charge in [0.25, 0.3) is 0 Å². The van der Waals surface area contributed by atoms with Crippen LogP contribution in [0, 0.1) is 11.8 Å². The molecule has 0 aromatic carbocycles. The van der Waals surface area contributed by atoms with Gasteiger partial charge in [-0.15, -0.1) is 0 Å². The van der Waals surface area contributed by atoms with Crippen molar-refractivity contribution in [3.05, 3.63) is 84.5 Å². The van der Waals surface area contributed by atoms with Gasteiger partial charge in [0.05, 0.1) is 6.10 Å². The first-order valence-corrected chi connectivity index (χ1v) is 12.3. The molecule has 1 aliphatic heterocycles. The molecule has 0 saturated heterocycles. The van der Waals surface area contributed by atoms with Crippen LogP contribution in [0.2, 0.25) is 0 Å². The van der Waals surface area contributed by atoms with Gasteiger partial charge in [-0.1, -0.05) is 24.3 Å². The maximum atomic E-state index is 12.9. The van der Waals surface area contributed by atoms with Crippen LogP contribution in [-0.4, -0.2) is 46.2 Å². The van der Waals surface area contributed by atoms with Crippen LogP contribution in [0.25, 0.3) is 0 Å². The van der Waals surface area contributed by atoms with E-state index in [9.17, 15) is 14.4 Å². The van der Waals surface area contributed by atoms with Crippen molar-refractivity contribution in [2.24, 2.45) is 11.8 Å². The minimum Gasteiger partial charge on any atom is -0.460 e. The number of hydrogen-bond donors (Lipinski definition) is 0. The average molecular weight is 491 g/mol. The standard InChI is InChI=1S/C28H30N2O6/c1-19-9-3-2-4-10-20-17-21(35-27(32)23-11-5-7-15-29-23)18-22(20)25(13-14-26(31)34-19)36-28(33)24-12-6-8-16-30-24/h4-8,10-16,19-22,25H,2-3,9,17-18H2,1H3/b10-4+,14-13?/t19-,20+,21-,22+,25+/m0/s1. The van der Waals surface area contributed by atoms with Crippen molar-refractivity contribution >= 4 is 17.9 Å². The van der Waals surface area contributed by atoms with Crippen molar-refractivity contribution in [2.45, 2.75) is 57.3 Å². The van der Waals surface area contributed by atoms with Gasteiger partial charge in [0, 0.05) is 24.4 Å². The number of carbonyl (C=O) groups excluding carboxylic acids is 3. The van der Waals surface area contributed by atoms with Crippen LogP contribution in [0.1, 0.15) is 60.0 Å². The van der Waals surface area contributed by atoms with E-state index in [1.807, 2.05) is 6.92 Å². The zero-order valence-corrected chi connectivity index (χ0v) is 20.2. The van der Waals surface area contributed by atoms with E-state index in [1.54, 1.807) is 48.7 Å². The molecule has 0 bridgehead atoms. The summed E-state index contributed by atoms with van der Waals surface area (Å²) in [6.07, 6.45) is 12.3. The van der Waals surface area contributed by atoms with Crippen molar-refractivity contribution in [3.8, 4) is 0 Å². The Balaban J connectivity index is 1.57. The quantitative estimate of drug-likeness (QED) is 0.351. The molecule has 36 heavy (non-hydrogen) atoms. The van der Waals surface area contributed by atoms with E-state index in [-0.39, 0.29) is 35.4 Å². The fraction of sp³-hybridized carbons (Fsp3) is 0.393. The number of rotatable bonds is 4. The summed E-state index contributed by atoms with van der Waals surface area (Å²) in [6.45, 7) is 1.86. The number of pyridine rings is 2. The number of esters is 3. The van der Waals surface area contributed by atoms with Gasteiger partial charge in [-0.3, -0.25) is 0 Å². The number of fused-ring (bicyclic) bond motifs is 1. The molecule has 188 valence electrons. The molecule has 2 aliphatic rings. The number of hydrogen-bond acceptors (Lipinski definition) is 8. The fourth-order valence-corrected chi connectivity index (χ4v) is 4.64. The lowest BCUT2D eigenvalue weighted by Crippen LogP contribution is -2.28. The first-order valence-electron chi connectivity index (χ1n) is 12.3. The molecule has 0 amide bonds. The van der Waals surface area contributed by atoms with Gasteiger partial charge in [0.2, 0.25) is 0 Å². The van der Waals surface area contributed by atoms with E-state index >= 15 is 0 Å². The predicted molar refractivity (Wildman–Crippen MR) is 131 cm³/mol. The summed E-state index contributed by atoms with van der Waals surface area (Å²) in [6, 6.07) is 10.1. The first-order chi connectivity index (χ1) is 17.5. The summed E-state index contributed by atoms with van der Waals surface area (Å²) in [4.78, 5) is 46.0. The van der Waals surface area contributed by atoms with Crippen molar-refractivity contribution in [2.75, 3.05) is 0 Å². The molecule has 0 spiro atoms. The summed E-state index contributed by atoms with van der Waals surface area (Å²) < 4.78 is 17.1. The second kappa shape index (κ2) is 12.2. The van der Waals surface area contributed by atoms with E-state index in [0.29, 0.717) is 12.8 Å². The zero-order valence-electron chi connectivity index (χ0n) is 20.2. The molecule has 8 heteroatoms. The Morgan fingerprint density at radius 1 is 0.944 bits per heavy atom. The summed E-state index contributed by atoms with van der Waals surface area (Å²) in [5.74, 6) is -1.80. The van der Waals surface area contributed by atoms with Gasteiger partial charge >= 0.3 is 17.9 Å². The Kier molecular flexibility index (Phi) is 8.60. The van der Waals surface area contributed by atoms with E-state index in [0.717, 1.165) is 19.3 Å². The number of nitrogens with zero attached hydrogens (tertiary/aromatic N) is 2. The Morgan fingerprint density at radius 3 is 2.31 bits per heavy atom. The highest BCUT2D eigenvalue weighted by atomic mass is 16.6. The molecule has 0 unspecified atom stereocenters. The largest absolute Gasteiger partial charge is 0.460 e. The predicted octanol–water partition coefficient (Wildman–Crippen LogP) is 4.48. The van der Waals surface area contributed by atoms with Crippen LogP contribution in [0.5, 0.6) is 0 Å². The van der Waals surface area contributed by atoms with Crippen molar-refractivity contribution in [1.29, 1.82) is 0 Å². The van der Waals surface area contributed by atoms with Gasteiger partial charge < -0.3 is 14.2 Å². The first kappa shape index (κ1) is 25.3. The summed E-state index contributed by atoms with van der Waals surface area (Å²) in [5, 5.41) is 0. The SMILES string of the molecule is C[C@H]1CCC/C=C/[C@@H]2C[C@H](OC(=O)c3ccccn3)C[C@H]2[C@H](OC(=O)c2ccccn2)C=CC(=O)O1. The Labute approximate surface area is 210 Å². The van der Waals surface area contributed by atoms with Gasteiger partial charge in [0.15, 0.2) is 0 Å². The molecule has 1 saturated carbocycles. The van der Waals surface area contributed by atoms with Crippen LogP contribution < -0.4 is 0 Å². The van der Waals surface area contributed by atoms with Gasteiger partial charge in [-0.05, 0) is 75.3 Å². The summed E-state index contributed by atoms with van der Waals surface area (Å²) in [5.41, 5.74) is 0.415. The number of allylic oxidation sites excluding steroid dienone is 2. The lowest BCUT2D eigenvalue weighted by Gasteiger charge is -2.24. The topological polar surface area (TPSA) is 105 Å². The molecule has 0 radical (unpaired) electrons. The van der Waals surface area contributed by atoms with Crippen molar-refractivity contribution in [3.63, 3.8) is 0 Å². The Bertz CT molecular complexity index is 1100. The maximum absolute atomic E-state index is 12.9. The average Bonchev–Trinajstić information content (AvgIpc) is 3.29.